The van der Waals surface area contributed by atoms with Crippen molar-refractivity contribution in [3.8, 4) is 5.75 Å². The summed E-state index contributed by atoms with van der Waals surface area (Å²) in [5.74, 6) is 0.347. The minimum Gasteiger partial charge on any atom is -0.484 e. The lowest BCUT2D eigenvalue weighted by Crippen LogP contribution is -2.54. The fourth-order valence-corrected chi connectivity index (χ4v) is 3.96. The first-order valence-corrected chi connectivity index (χ1v) is 9.31. The number of benzene rings is 1. The zero-order valence-corrected chi connectivity index (χ0v) is 16.0. The van der Waals surface area contributed by atoms with E-state index >= 15 is 0 Å². The van der Waals surface area contributed by atoms with E-state index < -0.39 is 5.60 Å². The van der Waals surface area contributed by atoms with Crippen LogP contribution in [0.2, 0.25) is 5.02 Å². The fourth-order valence-electron chi connectivity index (χ4n) is 3.71. The molecule has 7 nitrogen and oxygen atoms in total. The van der Waals surface area contributed by atoms with Gasteiger partial charge in [-0.25, -0.2) is 0 Å². The summed E-state index contributed by atoms with van der Waals surface area (Å²) < 4.78 is 7.81. The van der Waals surface area contributed by atoms with E-state index in [4.69, 9.17) is 16.3 Å². The van der Waals surface area contributed by atoms with Gasteiger partial charge >= 0.3 is 0 Å². The number of nitrogens with one attached hydrogen (secondary N) is 1. The number of carbonyl (C=O) groups excluding carboxylic acids is 2. The number of likely N-dealkylation sites (tertiary alicyclic amines) is 1. The zero-order valence-electron chi connectivity index (χ0n) is 15.3. The Balaban J connectivity index is 1.52. The molecule has 2 aromatic rings. The Bertz CT molecular complexity index is 896. The molecular weight excluding hydrogens is 368 g/mol. The van der Waals surface area contributed by atoms with Gasteiger partial charge in [-0.15, -0.1) is 0 Å². The van der Waals surface area contributed by atoms with Crippen molar-refractivity contribution in [2.45, 2.75) is 25.4 Å². The molecule has 0 unspecified atom stereocenters. The second-order valence-corrected chi connectivity index (χ2v) is 7.63. The SMILES string of the molecule is Cc1ccc2c(c1)C(=O)NCC1(CCN(C(=O)c3c(Cl)cnn3C)CC1)O2. The Morgan fingerprint density at radius 1 is 1.33 bits per heavy atom. The normalized spacial score (nSPS) is 18.5. The van der Waals surface area contributed by atoms with Gasteiger partial charge in [0.05, 0.1) is 23.3 Å². The Kier molecular flexibility index (Phi) is 4.34. The summed E-state index contributed by atoms with van der Waals surface area (Å²) in [5, 5.41) is 7.36. The van der Waals surface area contributed by atoms with Crippen molar-refractivity contribution < 1.29 is 14.3 Å². The number of carbonyl (C=O) groups is 2. The van der Waals surface area contributed by atoms with Crippen molar-refractivity contribution in [2.75, 3.05) is 19.6 Å². The molecule has 1 spiro atoms. The van der Waals surface area contributed by atoms with Gasteiger partial charge in [-0.3, -0.25) is 14.3 Å². The van der Waals surface area contributed by atoms with Crippen LogP contribution in [0.4, 0.5) is 0 Å². The largest absolute Gasteiger partial charge is 0.484 e. The molecule has 1 aromatic heterocycles. The molecule has 2 aliphatic heterocycles. The molecule has 0 atom stereocenters. The summed E-state index contributed by atoms with van der Waals surface area (Å²) in [7, 11) is 1.70. The number of halogens is 1. The van der Waals surface area contributed by atoms with E-state index in [-0.39, 0.29) is 11.8 Å². The molecule has 142 valence electrons. The second-order valence-electron chi connectivity index (χ2n) is 7.22. The number of aromatic nitrogens is 2. The van der Waals surface area contributed by atoms with Gasteiger partial charge < -0.3 is 15.0 Å². The van der Waals surface area contributed by atoms with Gasteiger partial charge in [-0.2, -0.15) is 5.10 Å². The molecule has 3 heterocycles. The maximum absolute atomic E-state index is 12.8. The van der Waals surface area contributed by atoms with E-state index in [1.165, 1.54) is 10.9 Å². The van der Waals surface area contributed by atoms with E-state index in [9.17, 15) is 9.59 Å². The van der Waals surface area contributed by atoms with Crippen molar-refractivity contribution in [3.63, 3.8) is 0 Å². The number of hydrogen-bond acceptors (Lipinski definition) is 4. The number of piperidine rings is 1. The highest BCUT2D eigenvalue weighted by Crippen LogP contribution is 2.34. The van der Waals surface area contributed by atoms with Gasteiger partial charge in [0, 0.05) is 33.0 Å². The lowest BCUT2D eigenvalue weighted by atomic mass is 9.90. The summed E-state index contributed by atoms with van der Waals surface area (Å²) in [4.78, 5) is 27.0. The van der Waals surface area contributed by atoms with E-state index in [0.717, 1.165) is 5.56 Å². The number of fused-ring (bicyclic) bond motifs is 1. The van der Waals surface area contributed by atoms with Crippen molar-refractivity contribution in [3.05, 3.63) is 46.2 Å². The smallest absolute Gasteiger partial charge is 0.273 e. The van der Waals surface area contributed by atoms with Crippen LogP contribution in [0, 0.1) is 6.92 Å². The minimum atomic E-state index is -0.511. The van der Waals surface area contributed by atoms with Crippen LogP contribution >= 0.6 is 11.6 Å². The summed E-state index contributed by atoms with van der Waals surface area (Å²) in [6, 6.07) is 5.63. The van der Waals surface area contributed by atoms with Crippen LogP contribution < -0.4 is 10.1 Å². The van der Waals surface area contributed by atoms with E-state index in [1.807, 2.05) is 25.1 Å². The monoisotopic (exact) mass is 388 g/mol. The number of hydrogen-bond donors (Lipinski definition) is 1. The molecule has 4 rings (SSSR count). The van der Waals surface area contributed by atoms with Crippen molar-refractivity contribution in [1.82, 2.24) is 20.0 Å². The van der Waals surface area contributed by atoms with Crippen molar-refractivity contribution >= 4 is 23.4 Å². The summed E-state index contributed by atoms with van der Waals surface area (Å²) >= 11 is 6.10. The van der Waals surface area contributed by atoms with Gasteiger partial charge in [0.1, 0.15) is 17.0 Å². The fraction of sp³-hybridized carbons (Fsp3) is 0.421. The molecule has 0 aliphatic carbocycles. The molecule has 2 amide bonds. The molecule has 0 bridgehead atoms. The Labute approximate surface area is 162 Å². The molecule has 1 saturated heterocycles. The molecule has 0 saturated carbocycles. The van der Waals surface area contributed by atoms with Crippen LogP contribution in [0.15, 0.2) is 24.4 Å². The molecule has 0 radical (unpaired) electrons. The molecule has 2 aliphatic rings. The lowest BCUT2D eigenvalue weighted by Gasteiger charge is -2.41. The van der Waals surface area contributed by atoms with Crippen LogP contribution in [0.5, 0.6) is 5.75 Å². The van der Waals surface area contributed by atoms with Gasteiger partial charge in [-0.05, 0) is 19.1 Å². The Morgan fingerprint density at radius 2 is 2.07 bits per heavy atom. The molecule has 1 fully saturated rings. The third kappa shape index (κ3) is 3.16. The van der Waals surface area contributed by atoms with Gasteiger partial charge in [0.15, 0.2) is 0 Å². The lowest BCUT2D eigenvalue weighted by molar-refractivity contribution is 0.00736. The number of aryl methyl sites for hydroxylation is 2. The van der Waals surface area contributed by atoms with Crippen molar-refractivity contribution in [2.24, 2.45) is 7.05 Å². The molecule has 1 N–H and O–H groups in total. The topological polar surface area (TPSA) is 76.5 Å². The first-order valence-electron chi connectivity index (χ1n) is 8.93. The summed E-state index contributed by atoms with van der Waals surface area (Å²) in [5.41, 5.74) is 1.45. The predicted molar refractivity (Wildman–Crippen MR) is 100 cm³/mol. The highest BCUT2D eigenvalue weighted by atomic mass is 35.5. The average Bonchev–Trinajstić information content (AvgIpc) is 2.93. The second kappa shape index (κ2) is 6.56. The maximum Gasteiger partial charge on any atom is 0.273 e. The summed E-state index contributed by atoms with van der Waals surface area (Å²) in [6.45, 7) is 3.42. The van der Waals surface area contributed by atoms with Crippen LogP contribution in [-0.4, -0.2) is 51.7 Å². The first kappa shape index (κ1) is 17.9. The zero-order chi connectivity index (χ0) is 19.2. The third-order valence-corrected chi connectivity index (χ3v) is 5.61. The minimum absolute atomic E-state index is 0.120. The van der Waals surface area contributed by atoms with Crippen molar-refractivity contribution in [1.29, 1.82) is 0 Å². The van der Waals surface area contributed by atoms with E-state index in [0.29, 0.717) is 54.5 Å². The standard InChI is InChI=1S/C19H21ClN4O3/c1-12-3-4-15-13(9-12)17(25)21-11-19(27-15)5-7-24(8-6-19)18(26)16-14(20)10-22-23(16)2/h3-4,9-10H,5-8,11H2,1-2H3,(H,21,25). The highest BCUT2D eigenvalue weighted by molar-refractivity contribution is 6.33. The van der Waals surface area contributed by atoms with Crippen LogP contribution in [-0.2, 0) is 7.05 Å². The quantitative estimate of drug-likeness (QED) is 0.812. The van der Waals surface area contributed by atoms with Gasteiger partial charge in [-0.1, -0.05) is 23.2 Å². The first-order chi connectivity index (χ1) is 12.9. The maximum atomic E-state index is 12.8. The molecule has 1 aromatic carbocycles. The molecule has 8 heteroatoms. The Morgan fingerprint density at radius 3 is 2.74 bits per heavy atom. The predicted octanol–water partition coefficient (Wildman–Crippen LogP) is 2.18. The van der Waals surface area contributed by atoms with Gasteiger partial charge in [0.2, 0.25) is 0 Å². The van der Waals surface area contributed by atoms with E-state index in [1.54, 1.807) is 11.9 Å². The van der Waals surface area contributed by atoms with Crippen LogP contribution in [0.1, 0.15) is 39.3 Å². The number of ether oxygens (including phenoxy) is 1. The number of rotatable bonds is 1. The number of amides is 2. The van der Waals surface area contributed by atoms with Crippen LogP contribution in [0.25, 0.3) is 0 Å². The van der Waals surface area contributed by atoms with Crippen LogP contribution in [0.3, 0.4) is 0 Å². The highest BCUT2D eigenvalue weighted by Gasteiger charge is 2.41. The molecular formula is C19H21ClN4O3. The number of nitrogens with zero attached hydrogens (tertiary/aromatic N) is 3. The summed E-state index contributed by atoms with van der Waals surface area (Å²) in [6.07, 6.45) is 2.73. The Hall–Kier alpha value is -2.54. The van der Waals surface area contributed by atoms with E-state index in [2.05, 4.69) is 10.4 Å². The third-order valence-electron chi connectivity index (χ3n) is 5.34. The average molecular weight is 389 g/mol. The van der Waals surface area contributed by atoms with Gasteiger partial charge in [0.25, 0.3) is 11.8 Å². The molecule has 27 heavy (non-hydrogen) atoms.